The first kappa shape index (κ1) is 23.5. The van der Waals surface area contributed by atoms with Crippen LogP contribution in [0.1, 0.15) is 12.5 Å². The number of carbonyl (C=O) groups excluding carboxylic acids is 1. The smallest absolute Gasteiger partial charge is 0.241 e. The second kappa shape index (κ2) is 9.99. The van der Waals surface area contributed by atoms with Gasteiger partial charge < -0.3 is 14.8 Å². The second-order valence-electron chi connectivity index (χ2n) is 6.79. The average molecular weight is 476 g/mol. The predicted octanol–water partition coefficient (Wildman–Crippen LogP) is 3.86. The Morgan fingerprint density at radius 2 is 1.84 bits per heavy atom. The van der Waals surface area contributed by atoms with Crippen LogP contribution >= 0.6 is 11.6 Å². The first-order valence-corrected chi connectivity index (χ1v) is 11.3. The van der Waals surface area contributed by atoms with Crippen LogP contribution in [0.2, 0.25) is 5.02 Å². The summed E-state index contributed by atoms with van der Waals surface area (Å²) < 4.78 is 39.7. The number of pyridine rings is 1. The number of nitrogens with one attached hydrogen (secondary N) is 2. The van der Waals surface area contributed by atoms with Gasteiger partial charge in [0.05, 0.1) is 24.1 Å². The second-order valence-corrected chi connectivity index (χ2v) is 8.96. The zero-order chi connectivity index (χ0) is 23.3. The lowest BCUT2D eigenvalue weighted by atomic mass is 10.1. The minimum Gasteiger partial charge on any atom is -0.497 e. The Bertz CT molecular complexity index is 1250. The molecule has 0 aliphatic carbocycles. The van der Waals surface area contributed by atoms with Crippen LogP contribution < -0.4 is 19.5 Å². The summed E-state index contributed by atoms with van der Waals surface area (Å²) in [6.45, 7) is 1.32. The van der Waals surface area contributed by atoms with Crippen molar-refractivity contribution in [3.63, 3.8) is 0 Å². The molecule has 0 radical (unpaired) electrons. The number of aromatic nitrogens is 1. The minimum atomic E-state index is -4.01. The molecule has 8 nitrogen and oxygen atoms in total. The number of amides is 1. The van der Waals surface area contributed by atoms with Gasteiger partial charge in [-0.05, 0) is 24.3 Å². The highest BCUT2D eigenvalue weighted by Gasteiger charge is 2.21. The lowest BCUT2D eigenvalue weighted by Crippen LogP contribution is -2.24. The minimum absolute atomic E-state index is 0.0207. The molecule has 1 amide bonds. The number of anilines is 1. The SMILES string of the molecule is COc1ccc(CNS(=O)(=O)c2cc(NC(C)=O)ccc2-c2cncc(Cl)c2)c(OC)c1. The van der Waals surface area contributed by atoms with Gasteiger partial charge in [-0.15, -0.1) is 0 Å². The lowest BCUT2D eigenvalue weighted by Gasteiger charge is -2.15. The molecule has 0 saturated carbocycles. The van der Waals surface area contributed by atoms with Crippen molar-refractivity contribution in [3.8, 4) is 22.6 Å². The van der Waals surface area contributed by atoms with Gasteiger partial charge in [-0.1, -0.05) is 23.7 Å². The van der Waals surface area contributed by atoms with Gasteiger partial charge in [-0.25, -0.2) is 13.1 Å². The predicted molar refractivity (Wildman–Crippen MR) is 123 cm³/mol. The third-order valence-electron chi connectivity index (χ3n) is 4.55. The van der Waals surface area contributed by atoms with E-state index < -0.39 is 10.0 Å². The molecule has 0 spiro atoms. The van der Waals surface area contributed by atoms with Gasteiger partial charge >= 0.3 is 0 Å². The van der Waals surface area contributed by atoms with Gasteiger partial charge in [0.15, 0.2) is 0 Å². The van der Waals surface area contributed by atoms with E-state index in [9.17, 15) is 13.2 Å². The summed E-state index contributed by atoms with van der Waals surface area (Å²) in [4.78, 5) is 15.5. The van der Waals surface area contributed by atoms with Crippen LogP contribution in [0.15, 0.2) is 59.8 Å². The number of methoxy groups -OCH3 is 2. The summed E-state index contributed by atoms with van der Waals surface area (Å²) >= 11 is 6.05. The largest absolute Gasteiger partial charge is 0.497 e. The van der Waals surface area contributed by atoms with E-state index in [0.29, 0.717) is 38.9 Å². The van der Waals surface area contributed by atoms with Gasteiger partial charge in [0.25, 0.3) is 0 Å². The molecule has 0 aliphatic heterocycles. The van der Waals surface area contributed by atoms with E-state index in [2.05, 4.69) is 15.0 Å². The Balaban J connectivity index is 2.00. The molecule has 0 saturated heterocycles. The Morgan fingerprint density at radius 1 is 1.06 bits per heavy atom. The van der Waals surface area contributed by atoms with E-state index in [1.807, 2.05) is 0 Å². The molecule has 0 bridgehead atoms. The molecule has 2 N–H and O–H groups in total. The highest BCUT2D eigenvalue weighted by molar-refractivity contribution is 7.89. The van der Waals surface area contributed by atoms with Crippen LogP contribution in [0, 0.1) is 0 Å². The maximum absolute atomic E-state index is 13.3. The van der Waals surface area contributed by atoms with E-state index in [1.54, 1.807) is 36.4 Å². The normalized spacial score (nSPS) is 11.1. The fraction of sp³-hybridized carbons (Fsp3) is 0.182. The van der Waals surface area contributed by atoms with Crippen LogP contribution in [0.4, 0.5) is 5.69 Å². The van der Waals surface area contributed by atoms with E-state index in [4.69, 9.17) is 21.1 Å². The Hall–Kier alpha value is -3.14. The van der Waals surface area contributed by atoms with Crippen molar-refractivity contribution < 1.29 is 22.7 Å². The highest BCUT2D eigenvalue weighted by Crippen LogP contribution is 2.31. The van der Waals surface area contributed by atoms with Crippen LogP contribution in [-0.4, -0.2) is 33.5 Å². The third kappa shape index (κ3) is 5.56. The van der Waals surface area contributed by atoms with Crippen molar-refractivity contribution in [2.24, 2.45) is 0 Å². The molecule has 0 fully saturated rings. The molecular weight excluding hydrogens is 454 g/mol. The number of hydrogen-bond acceptors (Lipinski definition) is 6. The molecule has 2 aromatic carbocycles. The number of benzene rings is 2. The van der Waals surface area contributed by atoms with Crippen molar-refractivity contribution in [1.82, 2.24) is 9.71 Å². The number of rotatable bonds is 8. The highest BCUT2D eigenvalue weighted by atomic mass is 35.5. The van der Waals surface area contributed by atoms with Gasteiger partial charge in [0, 0.05) is 54.3 Å². The third-order valence-corrected chi connectivity index (χ3v) is 6.20. The van der Waals surface area contributed by atoms with Crippen molar-refractivity contribution in [3.05, 3.63) is 65.4 Å². The summed E-state index contributed by atoms with van der Waals surface area (Å²) in [5.74, 6) is 0.756. The first-order valence-electron chi connectivity index (χ1n) is 9.46. The topological polar surface area (TPSA) is 107 Å². The number of carbonyl (C=O) groups is 1. The Morgan fingerprint density at radius 3 is 2.50 bits per heavy atom. The molecule has 0 atom stereocenters. The first-order chi connectivity index (χ1) is 15.2. The Kier molecular flexibility index (Phi) is 7.34. The number of nitrogens with zero attached hydrogens (tertiary/aromatic N) is 1. The standard InChI is InChI=1S/C22H22ClN3O5S/c1-14(27)26-18-5-7-20(16-8-17(23)13-24-11-16)22(9-18)32(28,29)25-12-15-4-6-19(30-2)10-21(15)31-3/h4-11,13,25H,12H2,1-3H3,(H,26,27). The van der Waals surface area contributed by atoms with Crippen LogP contribution in [0.5, 0.6) is 11.5 Å². The summed E-state index contributed by atoms with van der Waals surface area (Å²) in [5, 5.41) is 2.97. The van der Waals surface area contributed by atoms with Gasteiger partial charge in [0.2, 0.25) is 15.9 Å². The number of sulfonamides is 1. The van der Waals surface area contributed by atoms with Crippen LogP contribution in [0.25, 0.3) is 11.1 Å². The van der Waals surface area contributed by atoms with Crippen molar-refractivity contribution in [2.75, 3.05) is 19.5 Å². The van der Waals surface area contributed by atoms with Crippen LogP contribution in [-0.2, 0) is 21.4 Å². The van der Waals surface area contributed by atoms with E-state index in [-0.39, 0.29) is 17.3 Å². The summed E-state index contributed by atoms with van der Waals surface area (Å²) in [5.41, 5.74) is 1.89. The van der Waals surface area contributed by atoms with Crippen molar-refractivity contribution in [2.45, 2.75) is 18.4 Å². The van der Waals surface area contributed by atoms with Crippen molar-refractivity contribution >= 4 is 33.2 Å². The molecule has 1 heterocycles. The van der Waals surface area contributed by atoms with E-state index in [0.717, 1.165) is 0 Å². The number of hydrogen-bond donors (Lipinski definition) is 2. The Labute approximate surface area is 191 Å². The van der Waals surface area contributed by atoms with Gasteiger partial charge in [-0.2, -0.15) is 0 Å². The monoisotopic (exact) mass is 475 g/mol. The molecule has 10 heteroatoms. The maximum Gasteiger partial charge on any atom is 0.241 e. The maximum atomic E-state index is 13.3. The van der Waals surface area contributed by atoms with Gasteiger partial charge in [-0.3, -0.25) is 9.78 Å². The fourth-order valence-corrected chi connectivity index (χ4v) is 4.50. The van der Waals surface area contributed by atoms with E-state index >= 15 is 0 Å². The fourth-order valence-electron chi connectivity index (χ4n) is 3.07. The molecule has 0 unspecified atom stereocenters. The zero-order valence-electron chi connectivity index (χ0n) is 17.7. The molecule has 3 aromatic rings. The number of halogens is 1. The molecule has 3 rings (SSSR count). The van der Waals surface area contributed by atoms with E-state index in [1.165, 1.54) is 39.6 Å². The van der Waals surface area contributed by atoms with Crippen molar-refractivity contribution in [1.29, 1.82) is 0 Å². The molecule has 0 aliphatic rings. The molecule has 168 valence electrons. The summed E-state index contributed by atoms with van der Waals surface area (Å²) in [6.07, 6.45) is 2.98. The van der Waals surface area contributed by atoms with Gasteiger partial charge in [0.1, 0.15) is 11.5 Å². The lowest BCUT2D eigenvalue weighted by molar-refractivity contribution is -0.114. The summed E-state index contributed by atoms with van der Waals surface area (Å²) in [7, 11) is -0.981. The molecule has 1 aromatic heterocycles. The number of ether oxygens (including phenoxy) is 2. The molecular formula is C22H22ClN3O5S. The average Bonchev–Trinajstić information content (AvgIpc) is 2.77. The summed E-state index contributed by atoms with van der Waals surface area (Å²) in [6, 6.07) is 11.3. The molecule has 32 heavy (non-hydrogen) atoms. The van der Waals surface area contributed by atoms with Crippen LogP contribution in [0.3, 0.4) is 0 Å². The zero-order valence-corrected chi connectivity index (χ0v) is 19.3. The quantitative estimate of drug-likeness (QED) is 0.512.